The van der Waals surface area contributed by atoms with Gasteiger partial charge in [0.05, 0.1) is 48.9 Å². The van der Waals surface area contributed by atoms with Crippen LogP contribution in [0.1, 0.15) is 73.1 Å². The number of benzene rings is 3. The van der Waals surface area contributed by atoms with E-state index in [1.165, 1.54) is 17.0 Å². The topological polar surface area (TPSA) is 192 Å². The van der Waals surface area contributed by atoms with Crippen molar-refractivity contribution in [3.63, 3.8) is 0 Å². The molecule has 1 heterocycles. The number of oxime groups is 1. The van der Waals surface area contributed by atoms with E-state index >= 15 is 0 Å². The molecule has 2 aliphatic carbocycles. The van der Waals surface area contributed by atoms with Gasteiger partial charge in [0, 0.05) is 49.8 Å². The fourth-order valence-corrected chi connectivity index (χ4v) is 9.51. The number of unbranched alkanes of at least 4 members (excludes halogenated alkanes) is 2. The third-order valence-electron chi connectivity index (χ3n) is 12.5. The summed E-state index contributed by atoms with van der Waals surface area (Å²) in [4.78, 5) is 32.9. The van der Waals surface area contributed by atoms with Crippen LogP contribution in [0.5, 0.6) is 17.2 Å². The van der Waals surface area contributed by atoms with Gasteiger partial charge in [-0.15, -0.1) is 18.2 Å². The van der Waals surface area contributed by atoms with Crippen LogP contribution < -0.4 is 9.47 Å². The maximum atomic E-state index is 14.3. The molecule has 1 amide bonds. The molecule has 6 atom stereocenters. The molecule has 0 unspecified atom stereocenters. The lowest BCUT2D eigenvalue weighted by molar-refractivity contribution is -0.384. The number of halogens is 1. The maximum absolute atomic E-state index is 14.3. The molecule has 6 rings (SSSR count). The number of fused-ring (bicyclic) bond motifs is 2. The van der Waals surface area contributed by atoms with Crippen molar-refractivity contribution in [2.75, 3.05) is 58.7 Å². The van der Waals surface area contributed by atoms with Gasteiger partial charge in [-0.3, -0.25) is 15.0 Å². The molecule has 0 saturated heterocycles. The largest absolute Gasteiger partial charge is 0.459 e. The minimum absolute atomic E-state index is 0.00432. The van der Waals surface area contributed by atoms with E-state index in [0.717, 1.165) is 47.9 Å². The Morgan fingerprint density at radius 2 is 1.71 bits per heavy atom. The van der Waals surface area contributed by atoms with Gasteiger partial charge < -0.3 is 43.8 Å². The van der Waals surface area contributed by atoms with Crippen molar-refractivity contribution in [1.29, 1.82) is 0 Å². The number of ether oxygens (including phenoxy) is 5. The zero-order valence-electron chi connectivity index (χ0n) is 37.3. The third-order valence-corrected chi connectivity index (χ3v) is 12.7. The Bertz CT molecular complexity index is 2130. The number of rotatable bonds is 25. The highest BCUT2D eigenvalue weighted by atomic mass is 35.5. The van der Waals surface area contributed by atoms with Crippen LogP contribution in [0.3, 0.4) is 0 Å². The van der Waals surface area contributed by atoms with E-state index in [1.54, 1.807) is 18.2 Å². The molecule has 15 nitrogen and oxygen atoms in total. The second-order valence-electron chi connectivity index (χ2n) is 16.7. The number of non-ortho nitro benzene ring substituents is 1. The van der Waals surface area contributed by atoms with Crippen molar-refractivity contribution in [3.05, 3.63) is 117 Å². The quantitative estimate of drug-likeness (QED) is 0.0242. The lowest BCUT2D eigenvalue weighted by Gasteiger charge is -2.59. The van der Waals surface area contributed by atoms with Crippen LogP contribution in [-0.2, 0) is 25.7 Å². The first-order chi connectivity index (χ1) is 31.6. The summed E-state index contributed by atoms with van der Waals surface area (Å²) in [5, 5.41) is 45.6. The number of aryl methyl sites for hydroxylation is 2. The Labute approximate surface area is 385 Å². The second kappa shape index (κ2) is 23.9. The van der Waals surface area contributed by atoms with Crippen molar-refractivity contribution in [3.8, 4) is 17.2 Å². The number of carbonyl (C=O) groups is 1. The van der Waals surface area contributed by atoms with Gasteiger partial charge in [0.1, 0.15) is 36.5 Å². The van der Waals surface area contributed by atoms with Crippen LogP contribution in [0.2, 0.25) is 0 Å². The third kappa shape index (κ3) is 11.9. The lowest BCUT2D eigenvalue weighted by Crippen LogP contribution is -2.70. The average molecular weight is 920 g/mol. The summed E-state index contributed by atoms with van der Waals surface area (Å²) in [5.41, 5.74) is 5.11. The second-order valence-corrected chi connectivity index (χ2v) is 17.0. The van der Waals surface area contributed by atoms with E-state index < -0.39 is 28.8 Å². The first-order valence-corrected chi connectivity index (χ1v) is 23.0. The Morgan fingerprint density at radius 3 is 2.40 bits per heavy atom. The molecule has 0 spiro atoms. The zero-order valence-corrected chi connectivity index (χ0v) is 38.0. The summed E-state index contributed by atoms with van der Waals surface area (Å²) < 4.78 is 32.3. The number of hydrogen-bond acceptors (Lipinski definition) is 13. The number of alkyl halides is 1. The Kier molecular flexibility index (Phi) is 18.2. The number of aliphatic hydroxyl groups excluding tert-OH is 3. The summed E-state index contributed by atoms with van der Waals surface area (Å²) in [6.07, 6.45) is 7.50. The first kappa shape index (κ1) is 49.4. The van der Waals surface area contributed by atoms with Crippen LogP contribution in [0, 0.1) is 41.7 Å². The monoisotopic (exact) mass is 919 g/mol. The molecule has 1 fully saturated rings. The minimum Gasteiger partial charge on any atom is -0.459 e. The smallest absolute Gasteiger partial charge is 0.410 e. The van der Waals surface area contributed by atoms with Crippen molar-refractivity contribution in [2.24, 2.45) is 22.9 Å². The number of nitro benzene ring substituents is 1. The lowest BCUT2D eigenvalue weighted by atomic mass is 9.55. The predicted molar refractivity (Wildman–Crippen MR) is 246 cm³/mol. The molecular weight excluding hydrogens is 858 g/mol. The minimum atomic E-state index is -1.56. The maximum Gasteiger partial charge on any atom is 0.410 e. The van der Waals surface area contributed by atoms with E-state index in [0.29, 0.717) is 41.4 Å². The molecule has 16 heteroatoms. The summed E-state index contributed by atoms with van der Waals surface area (Å²) in [6.45, 7) is 8.10. The van der Waals surface area contributed by atoms with Gasteiger partial charge in [0.15, 0.2) is 0 Å². The van der Waals surface area contributed by atoms with Crippen molar-refractivity contribution >= 4 is 29.1 Å². The Balaban J connectivity index is 1.57. The first-order valence-electron chi connectivity index (χ1n) is 22.5. The van der Waals surface area contributed by atoms with Crippen molar-refractivity contribution in [1.82, 2.24) is 4.90 Å². The molecule has 3 aromatic rings. The van der Waals surface area contributed by atoms with Crippen LogP contribution >= 0.6 is 11.6 Å². The predicted octanol–water partition coefficient (Wildman–Crippen LogP) is 8.52. The highest BCUT2D eigenvalue weighted by Gasteiger charge is 2.65. The van der Waals surface area contributed by atoms with Gasteiger partial charge in [-0.2, -0.15) is 0 Å². The summed E-state index contributed by atoms with van der Waals surface area (Å²) in [6, 6.07) is 16.9. The molecule has 3 aromatic carbocycles. The van der Waals surface area contributed by atoms with Gasteiger partial charge in [-0.25, -0.2) is 4.79 Å². The number of aliphatic hydroxyl groups is 3. The number of hydrogen-bond donors (Lipinski definition) is 3. The summed E-state index contributed by atoms with van der Waals surface area (Å²) in [5.74, 6) is -0.635. The Hall–Kier alpha value is -5.03. The van der Waals surface area contributed by atoms with E-state index in [2.05, 4.69) is 19.6 Å². The fourth-order valence-electron chi connectivity index (χ4n) is 9.44. The van der Waals surface area contributed by atoms with Crippen molar-refractivity contribution in [2.45, 2.75) is 83.1 Å². The average Bonchev–Trinajstić information content (AvgIpc) is 3.30. The number of allylic oxidation sites excluding steroid dienone is 1. The molecule has 0 aromatic heterocycles. The van der Waals surface area contributed by atoms with Gasteiger partial charge in [0.25, 0.3) is 5.69 Å². The molecular formula is C49H62ClN3O12. The van der Waals surface area contributed by atoms with Gasteiger partial charge >= 0.3 is 6.09 Å². The molecule has 352 valence electrons. The molecule has 1 saturated carbocycles. The molecule has 3 N–H and O–H groups in total. The van der Waals surface area contributed by atoms with Crippen LogP contribution in [0.4, 0.5) is 10.5 Å². The van der Waals surface area contributed by atoms with Crippen molar-refractivity contribution < 1.29 is 53.6 Å². The van der Waals surface area contributed by atoms with E-state index in [4.69, 9.17) is 45.3 Å². The SMILES string of the molecule is C=CCO[C@@]12Oc3ccc(Oc4ccc(C)c(C)c4)cc3[C@H]3[C@H](CCCCO)[C@@H](CCCCO)C=C(C(=NOCc4ccc([N+](=O)[O-])cc4)C[C@@H]1N(CCOCCO)C(=O)OCCCl)[C@H]32. The van der Waals surface area contributed by atoms with Gasteiger partial charge in [-0.1, -0.05) is 36.2 Å². The van der Waals surface area contributed by atoms with E-state index in [-0.39, 0.29) is 95.1 Å². The molecule has 3 aliphatic rings. The normalized spacial score (nSPS) is 22.5. The van der Waals surface area contributed by atoms with Crippen LogP contribution in [0.15, 0.2) is 90.1 Å². The molecule has 65 heavy (non-hydrogen) atoms. The van der Waals surface area contributed by atoms with Crippen LogP contribution in [-0.4, -0.2) is 107 Å². The number of amides is 1. The molecule has 1 aliphatic heterocycles. The standard InChI is InChI=1S/C49H62ClN3O12/c1-4-24-62-49-45(52(20-26-60-27-23-56)48(57)61-25-19-50)31-43(51-63-32-35-12-14-37(15-13-35)53(58)59)41-29-36(9-5-7-21-54)40(10-6-8-22-55)46(47(41)49)42-30-39(17-18-44(42)65-49)64-38-16-11-33(2)34(3)28-38/h4,11-18,28-30,36,40,45-47,54-56H,1,5-10,19-27,31-32H2,2-3H3/t36-,40+,45-,46+,47+,49+/m0/s1. The van der Waals surface area contributed by atoms with E-state index in [1.807, 2.05) is 43.3 Å². The molecule has 0 radical (unpaired) electrons. The summed E-state index contributed by atoms with van der Waals surface area (Å²) >= 11 is 6.04. The number of nitro groups is 1. The summed E-state index contributed by atoms with van der Waals surface area (Å²) in [7, 11) is 0. The van der Waals surface area contributed by atoms with Gasteiger partial charge in [0.2, 0.25) is 5.79 Å². The van der Waals surface area contributed by atoms with Gasteiger partial charge in [-0.05, 0) is 116 Å². The molecule has 0 bridgehead atoms. The fraction of sp³-hybridized carbons (Fsp3) is 0.510. The van der Waals surface area contributed by atoms with Crippen LogP contribution in [0.25, 0.3) is 0 Å². The highest BCUT2D eigenvalue weighted by molar-refractivity contribution is 6.18. The Morgan fingerprint density at radius 1 is 0.969 bits per heavy atom. The zero-order chi connectivity index (χ0) is 46.3. The highest BCUT2D eigenvalue weighted by Crippen LogP contribution is 2.62. The number of carbonyl (C=O) groups excluding carboxylic acids is 1. The number of nitrogens with zero attached hydrogens (tertiary/aromatic N) is 3. The van der Waals surface area contributed by atoms with E-state index in [9.17, 15) is 30.2 Å².